The number of hydrogen-bond acceptors (Lipinski definition) is 1. The summed E-state index contributed by atoms with van der Waals surface area (Å²) in [4.78, 5) is 0. The summed E-state index contributed by atoms with van der Waals surface area (Å²) in [5, 5.41) is 3.30. The molecule has 0 saturated carbocycles. The molecule has 3 heteroatoms. The van der Waals surface area contributed by atoms with E-state index in [-0.39, 0.29) is 12.1 Å². The molecule has 0 radical (unpaired) electrons. The highest BCUT2D eigenvalue weighted by Gasteiger charge is 2.12. The monoisotopic (exact) mass is 237 g/mol. The van der Waals surface area contributed by atoms with Gasteiger partial charge in [0.15, 0.2) is 11.6 Å². The van der Waals surface area contributed by atoms with Crippen LogP contribution in [-0.2, 0) is 0 Å². The smallest absolute Gasteiger partial charge is 0.159 e. The zero-order valence-electron chi connectivity index (χ0n) is 10.1. The van der Waals surface area contributed by atoms with Crippen molar-refractivity contribution in [3.05, 3.63) is 35.4 Å². The molecule has 92 valence electrons. The number of nitrogens with one attached hydrogen (secondary N) is 1. The first-order chi connectivity index (χ1) is 8.08. The van der Waals surface area contributed by atoms with Gasteiger partial charge in [-0.15, -0.1) is 12.3 Å². The highest BCUT2D eigenvalue weighted by molar-refractivity contribution is 5.21. The normalized spacial score (nSPS) is 14.1. The van der Waals surface area contributed by atoms with Crippen LogP contribution in [0.1, 0.15) is 38.3 Å². The average molecular weight is 237 g/mol. The lowest BCUT2D eigenvalue weighted by Crippen LogP contribution is -2.30. The van der Waals surface area contributed by atoms with Gasteiger partial charge in [-0.3, -0.25) is 0 Å². The van der Waals surface area contributed by atoms with Gasteiger partial charge in [0.25, 0.3) is 0 Å². The first-order valence-corrected chi connectivity index (χ1v) is 5.73. The Morgan fingerprint density at radius 1 is 1.35 bits per heavy atom. The maximum absolute atomic E-state index is 13.1. The van der Waals surface area contributed by atoms with E-state index >= 15 is 0 Å². The molecule has 1 aromatic rings. The van der Waals surface area contributed by atoms with Crippen LogP contribution in [0.15, 0.2) is 18.2 Å². The van der Waals surface area contributed by atoms with Crippen LogP contribution in [0.4, 0.5) is 8.78 Å². The Hall–Kier alpha value is -1.40. The molecule has 1 N–H and O–H groups in total. The fourth-order valence-corrected chi connectivity index (χ4v) is 1.69. The average Bonchev–Trinajstić information content (AvgIpc) is 2.31. The second-order valence-electron chi connectivity index (χ2n) is 4.08. The number of rotatable bonds is 5. The molecule has 0 aromatic heterocycles. The third kappa shape index (κ3) is 3.83. The Morgan fingerprint density at radius 2 is 2.06 bits per heavy atom. The van der Waals surface area contributed by atoms with Gasteiger partial charge < -0.3 is 5.32 Å². The first-order valence-electron chi connectivity index (χ1n) is 5.73. The summed E-state index contributed by atoms with van der Waals surface area (Å²) < 4.78 is 25.9. The van der Waals surface area contributed by atoms with Crippen LogP contribution in [-0.4, -0.2) is 6.04 Å². The van der Waals surface area contributed by atoms with Crippen LogP contribution >= 0.6 is 0 Å². The highest BCUT2D eigenvalue weighted by Crippen LogP contribution is 2.17. The molecule has 1 rings (SSSR count). The van der Waals surface area contributed by atoms with Gasteiger partial charge >= 0.3 is 0 Å². The molecule has 1 nitrogen and oxygen atoms in total. The number of terminal acetylenes is 1. The number of benzene rings is 1. The van der Waals surface area contributed by atoms with E-state index in [0.717, 1.165) is 18.1 Å². The molecular weight excluding hydrogens is 220 g/mol. The van der Waals surface area contributed by atoms with Crippen molar-refractivity contribution >= 4 is 0 Å². The Kier molecular flexibility index (Phi) is 5.11. The van der Waals surface area contributed by atoms with Crippen LogP contribution < -0.4 is 5.32 Å². The van der Waals surface area contributed by atoms with Gasteiger partial charge in [0, 0.05) is 18.5 Å². The quantitative estimate of drug-likeness (QED) is 0.774. The van der Waals surface area contributed by atoms with Crippen molar-refractivity contribution < 1.29 is 8.78 Å². The van der Waals surface area contributed by atoms with Crippen molar-refractivity contribution in [3.63, 3.8) is 0 Å². The Balaban J connectivity index is 2.72. The summed E-state index contributed by atoms with van der Waals surface area (Å²) in [6, 6.07) is 4.09. The summed E-state index contributed by atoms with van der Waals surface area (Å²) in [5.74, 6) is 0.959. The highest BCUT2D eigenvalue weighted by atomic mass is 19.2. The van der Waals surface area contributed by atoms with Crippen molar-refractivity contribution in [2.75, 3.05) is 0 Å². The minimum absolute atomic E-state index is 0.0524. The van der Waals surface area contributed by atoms with E-state index in [2.05, 4.69) is 11.2 Å². The lowest BCUT2D eigenvalue weighted by atomic mass is 10.1. The predicted molar refractivity (Wildman–Crippen MR) is 65.4 cm³/mol. The summed E-state index contributed by atoms with van der Waals surface area (Å²) >= 11 is 0. The fourth-order valence-electron chi connectivity index (χ4n) is 1.69. The Labute approximate surface area is 101 Å². The van der Waals surface area contributed by atoms with Crippen LogP contribution in [0.5, 0.6) is 0 Å². The van der Waals surface area contributed by atoms with E-state index in [1.165, 1.54) is 6.07 Å². The summed E-state index contributed by atoms with van der Waals surface area (Å²) in [7, 11) is 0. The summed E-state index contributed by atoms with van der Waals surface area (Å²) in [5.41, 5.74) is 0.722. The number of hydrogen-bond donors (Lipinski definition) is 1. The van der Waals surface area contributed by atoms with Crippen molar-refractivity contribution in [1.29, 1.82) is 0 Å². The zero-order valence-corrected chi connectivity index (χ0v) is 10.1. The van der Waals surface area contributed by atoms with Gasteiger partial charge in [0.05, 0.1) is 0 Å². The molecule has 2 unspecified atom stereocenters. The molecule has 0 saturated heterocycles. The van der Waals surface area contributed by atoms with Gasteiger partial charge in [-0.1, -0.05) is 13.0 Å². The molecule has 0 bridgehead atoms. The molecule has 2 atom stereocenters. The Morgan fingerprint density at radius 3 is 2.59 bits per heavy atom. The second-order valence-corrected chi connectivity index (χ2v) is 4.08. The van der Waals surface area contributed by atoms with Crippen molar-refractivity contribution in [2.24, 2.45) is 0 Å². The van der Waals surface area contributed by atoms with Crippen LogP contribution in [0.2, 0.25) is 0 Å². The maximum atomic E-state index is 13.1. The molecule has 0 aliphatic carbocycles. The largest absolute Gasteiger partial charge is 0.307 e. The van der Waals surface area contributed by atoms with Gasteiger partial charge in [0.1, 0.15) is 0 Å². The lowest BCUT2D eigenvalue weighted by Gasteiger charge is -2.21. The third-order valence-corrected chi connectivity index (χ3v) is 2.79. The van der Waals surface area contributed by atoms with E-state index in [4.69, 9.17) is 6.42 Å². The van der Waals surface area contributed by atoms with Crippen molar-refractivity contribution in [2.45, 2.75) is 38.8 Å². The second kappa shape index (κ2) is 6.36. The van der Waals surface area contributed by atoms with Crippen molar-refractivity contribution in [1.82, 2.24) is 5.32 Å². The van der Waals surface area contributed by atoms with Crippen LogP contribution in [0.3, 0.4) is 0 Å². The molecule has 0 spiro atoms. The fraction of sp³-hybridized carbons (Fsp3) is 0.429. The molecule has 17 heavy (non-hydrogen) atoms. The molecule has 1 aromatic carbocycles. The zero-order chi connectivity index (χ0) is 12.8. The lowest BCUT2D eigenvalue weighted by molar-refractivity contribution is 0.444. The van der Waals surface area contributed by atoms with Gasteiger partial charge in [-0.05, 0) is 31.0 Å². The summed E-state index contributed by atoms with van der Waals surface area (Å²) in [6.45, 7) is 3.94. The predicted octanol–water partition coefficient (Wildman–Crippen LogP) is 3.42. The van der Waals surface area contributed by atoms with E-state index in [1.54, 1.807) is 6.07 Å². The van der Waals surface area contributed by atoms with Gasteiger partial charge in [-0.25, -0.2) is 8.78 Å². The van der Waals surface area contributed by atoms with Crippen molar-refractivity contribution in [3.8, 4) is 12.3 Å². The Bertz CT molecular complexity index is 409. The van der Waals surface area contributed by atoms with Gasteiger partial charge in [-0.2, -0.15) is 0 Å². The van der Waals surface area contributed by atoms with Gasteiger partial charge in [0.2, 0.25) is 0 Å². The topological polar surface area (TPSA) is 12.0 Å². The minimum atomic E-state index is -0.823. The van der Waals surface area contributed by atoms with E-state index in [0.29, 0.717) is 6.42 Å². The molecule has 0 fully saturated rings. The van der Waals surface area contributed by atoms with E-state index < -0.39 is 11.6 Å². The SMILES string of the molecule is C#CCC(CC)NC(C)c1ccc(F)c(F)c1. The van der Waals surface area contributed by atoms with Crippen LogP contribution in [0, 0.1) is 24.0 Å². The molecular formula is C14H17F2N. The molecule has 0 amide bonds. The number of halogens is 2. The molecule has 0 heterocycles. The maximum Gasteiger partial charge on any atom is 0.159 e. The van der Waals surface area contributed by atoms with E-state index in [9.17, 15) is 8.78 Å². The van der Waals surface area contributed by atoms with E-state index in [1.807, 2.05) is 13.8 Å². The molecule has 0 aliphatic heterocycles. The standard InChI is InChI=1S/C14H17F2N/c1-4-6-12(5-2)17-10(3)11-7-8-13(15)14(16)9-11/h1,7-10,12,17H,5-6H2,2-3H3. The summed E-state index contributed by atoms with van der Waals surface area (Å²) in [6.07, 6.45) is 6.79. The molecule has 0 aliphatic rings. The first kappa shape index (κ1) is 13.7. The minimum Gasteiger partial charge on any atom is -0.307 e. The van der Waals surface area contributed by atoms with Crippen LogP contribution in [0.25, 0.3) is 0 Å². The third-order valence-electron chi connectivity index (χ3n) is 2.79.